The van der Waals surface area contributed by atoms with Gasteiger partial charge in [0, 0.05) is 71.0 Å². The molecule has 0 N–H and O–H groups in total. The summed E-state index contributed by atoms with van der Waals surface area (Å²) in [5.74, 6) is 1.90. The molecule has 0 saturated heterocycles. The molecule has 0 unspecified atom stereocenters. The Kier molecular flexibility index (Phi) is 26.8. The third-order valence-electron chi connectivity index (χ3n) is 35.3. The van der Waals surface area contributed by atoms with Crippen LogP contribution < -0.4 is 0 Å². The number of hydrogen-bond donors (Lipinski definition) is 0. The summed E-state index contributed by atoms with van der Waals surface area (Å²) in [5, 5.41) is 0. The summed E-state index contributed by atoms with van der Waals surface area (Å²) in [7, 11) is 0. The zero-order valence-electron chi connectivity index (χ0n) is 86.5. The Bertz CT molecular complexity index is 5260. The molecular weight excluding hydrogens is 1600 g/mol. The van der Waals surface area contributed by atoms with Crippen LogP contribution in [0.4, 0.5) is 0 Å². The monoisotopic (exact) mass is 1760 g/mol. The maximum absolute atomic E-state index is 4.95. The van der Waals surface area contributed by atoms with Crippen LogP contribution in [0.5, 0.6) is 0 Å². The lowest BCUT2D eigenvalue weighted by molar-refractivity contribution is 0.249. The van der Waals surface area contributed by atoms with E-state index in [0.717, 1.165) is 129 Å². The number of fused-ring (bicyclic) bond motifs is 24. The van der Waals surface area contributed by atoms with Crippen LogP contribution >= 0.6 is 0 Å². The van der Waals surface area contributed by atoms with Crippen molar-refractivity contribution < 1.29 is 4.74 Å². The van der Waals surface area contributed by atoms with Gasteiger partial charge in [-0.2, -0.15) is 0 Å². The summed E-state index contributed by atoms with van der Waals surface area (Å²) in [6, 6.07) is 66.5. The Hall–Kier alpha value is -9.82. The van der Waals surface area contributed by atoms with Gasteiger partial charge in [0.2, 0.25) is 0 Å². The summed E-state index contributed by atoms with van der Waals surface area (Å²) < 4.78 is 4.95. The summed E-state index contributed by atoms with van der Waals surface area (Å²) in [6.07, 6.45) is 23.8. The topological polar surface area (TPSA) is 9.23 Å². The lowest BCUT2D eigenvalue weighted by atomic mass is 9.70. The average molecular weight is 1760 g/mol. The number of hydrogen-bond acceptors (Lipinski definition) is 1. The third kappa shape index (κ3) is 17.4. The zero-order valence-corrected chi connectivity index (χ0v) is 86.5. The minimum Gasteiger partial charge on any atom is -0.502 e. The molecule has 7 aliphatic rings. The molecule has 690 valence electrons. The van der Waals surface area contributed by atoms with Gasteiger partial charge in [0.25, 0.3) is 0 Å². The second-order valence-corrected chi connectivity index (χ2v) is 44.3. The molecule has 12 aromatic carbocycles. The summed E-state index contributed by atoms with van der Waals surface area (Å²) in [6.45, 7) is 65.0. The number of aryl methyl sites for hydroxylation is 24. The fraction of sp³-hybridized carbons (Fsp3) is 0.439. The van der Waals surface area contributed by atoms with E-state index >= 15 is 0 Å². The molecule has 12 aromatic rings. The van der Waals surface area contributed by atoms with E-state index in [2.05, 4.69) is 319 Å². The molecule has 19 rings (SSSR count). The first-order valence-corrected chi connectivity index (χ1v) is 52.3. The van der Waals surface area contributed by atoms with Crippen LogP contribution in [0.25, 0.3) is 0 Å². The van der Waals surface area contributed by atoms with Gasteiger partial charge in [-0.25, -0.2) is 0 Å². The van der Waals surface area contributed by atoms with Crippen molar-refractivity contribution in [1.82, 2.24) is 0 Å². The van der Waals surface area contributed by atoms with Crippen molar-refractivity contribution in [3.05, 3.63) is 425 Å². The predicted molar refractivity (Wildman–Crippen MR) is 567 cm³/mol. The fourth-order valence-electron chi connectivity index (χ4n) is 28.8. The average Bonchev–Trinajstić information content (AvgIpc) is 0.757. The molecule has 1 heteroatoms. The molecular formula is C132H156O. The molecule has 133 heavy (non-hydrogen) atoms. The largest absolute Gasteiger partial charge is 0.502 e. The van der Waals surface area contributed by atoms with E-state index in [1.54, 1.807) is 6.26 Å². The van der Waals surface area contributed by atoms with E-state index in [-0.39, 0.29) is 71.0 Å². The third-order valence-corrected chi connectivity index (χ3v) is 35.3. The van der Waals surface area contributed by atoms with E-state index in [1.165, 1.54) is 267 Å². The first kappa shape index (κ1) is 93.6. The van der Waals surface area contributed by atoms with E-state index in [9.17, 15) is 0 Å². The van der Waals surface area contributed by atoms with E-state index in [0.29, 0.717) is 0 Å². The Balaban J connectivity index is 0.00000163. The molecule has 1 nitrogen and oxygen atoms in total. The van der Waals surface area contributed by atoms with E-state index < -0.39 is 0 Å². The van der Waals surface area contributed by atoms with Gasteiger partial charge in [-0.3, -0.25) is 0 Å². The molecule has 0 amide bonds. The molecule has 0 aliphatic heterocycles. The number of benzene rings is 12. The molecule has 0 radical (unpaired) electrons. The molecule has 0 saturated carbocycles. The molecule has 0 spiro atoms. The molecule has 36 bridgehead atoms. The fourth-order valence-corrected chi connectivity index (χ4v) is 28.8. The minimum absolute atomic E-state index is 0.158. The maximum Gasteiger partial charge on any atom is 0.0870 e. The Morgan fingerprint density at radius 3 is 0.331 bits per heavy atom. The Labute approximate surface area is 803 Å². The van der Waals surface area contributed by atoms with E-state index in [1.807, 2.05) is 13.0 Å². The van der Waals surface area contributed by atoms with Gasteiger partial charge in [0.05, 0.1) is 12.9 Å². The highest BCUT2D eigenvalue weighted by Gasteiger charge is 2.39. The van der Waals surface area contributed by atoms with Gasteiger partial charge < -0.3 is 4.74 Å². The SMILES string of the molecule is C/C=C\OCCC.Cc1cc(C)c2cc1C1CCCC3c4cc(c(C)cc4C)C4CCCC5c6cc(c(C)cc6C)C6CCCC2c2cc(c(C)cc2C)[C@H]2CCC[C@@H](c7cc1c(C)cc7C)c1cc(c(C)cc1C)[C@H](CCC[C@@H](c1cc4c(C)cc1C)c1cc(c(C)cc1C)[C@H](CCC[C@@H](c1cc6c(C)cc1C)c1cc2c(C)cc1C)c1cc5c(C)cc1C)c1cc3c(C)cc1C. The smallest absolute Gasteiger partial charge is 0.0870 e. The number of allylic oxidation sites excluding steroid dienone is 1. The normalized spacial score (nSPS) is 22.0. The molecule has 0 atom stereocenters. The highest BCUT2D eigenvalue weighted by atomic mass is 16.5. The molecule has 0 fully saturated rings. The number of ether oxygens (including phenoxy) is 1. The van der Waals surface area contributed by atoms with E-state index in [4.69, 9.17) is 4.74 Å². The van der Waals surface area contributed by atoms with Crippen molar-refractivity contribution in [1.29, 1.82) is 0 Å². The van der Waals surface area contributed by atoms with Gasteiger partial charge in [0.1, 0.15) is 0 Å². The van der Waals surface area contributed by atoms with Crippen LogP contribution in [0.15, 0.2) is 158 Å². The van der Waals surface area contributed by atoms with Gasteiger partial charge in [0.15, 0.2) is 0 Å². The van der Waals surface area contributed by atoms with Crippen LogP contribution in [0.1, 0.15) is 474 Å². The van der Waals surface area contributed by atoms with Crippen molar-refractivity contribution in [2.75, 3.05) is 6.61 Å². The van der Waals surface area contributed by atoms with Crippen LogP contribution in [0.2, 0.25) is 0 Å². The van der Waals surface area contributed by atoms with Crippen molar-refractivity contribution in [2.24, 2.45) is 0 Å². The van der Waals surface area contributed by atoms with Gasteiger partial charge in [-0.05, 0) is 524 Å². The quantitative estimate of drug-likeness (QED) is 0.127. The lowest BCUT2D eigenvalue weighted by Crippen LogP contribution is -2.18. The van der Waals surface area contributed by atoms with Crippen molar-refractivity contribution in [3.8, 4) is 0 Å². The molecule has 0 aromatic heterocycles. The second-order valence-electron chi connectivity index (χ2n) is 44.3. The molecule has 7 aliphatic carbocycles. The first-order valence-electron chi connectivity index (χ1n) is 52.3. The first-order chi connectivity index (χ1) is 63.8. The van der Waals surface area contributed by atoms with Crippen LogP contribution in [0.3, 0.4) is 0 Å². The summed E-state index contributed by atoms with van der Waals surface area (Å²) in [5.41, 5.74) is 71.3. The second kappa shape index (κ2) is 38.0. The number of rotatable bonds is 3. The van der Waals surface area contributed by atoms with Gasteiger partial charge in [-0.1, -0.05) is 197 Å². The highest BCUT2D eigenvalue weighted by Crippen LogP contribution is 2.56. The van der Waals surface area contributed by atoms with Crippen molar-refractivity contribution >= 4 is 0 Å². The summed E-state index contributed by atoms with van der Waals surface area (Å²) in [4.78, 5) is 0. The van der Waals surface area contributed by atoms with Crippen LogP contribution in [0, 0.1) is 166 Å². The van der Waals surface area contributed by atoms with Crippen LogP contribution in [-0.4, -0.2) is 6.61 Å². The standard InChI is InChI=1S/C126H144.C6H12O/c1-67-43-68(2)104-55-103(67)91-31-25-32-93-105-56-107(71(5)44-69(105)3)96-37-28-38-99-112-59-110(74(8)47-76(112)10)98(120-63-119(93)83(17)51-84(120)18)39-29-40-101-113-60-114(78(12)48-77(113)11)102(126-66-125(99)89(23)54-90(126)24)42-30-41-100-111-58-109(73(7)46-75(111)9)97(123-65-124(101)88(22)53-87(123)21)36-27-35-94(116-61-115(91)79(13)49-80(116)14)106-57-108(72(6)45-70(106)4)95(121-64-122(100)86(20)52-85(121)19)34-26-33-92(104)117-62-118(96)82(16)50-81(117)15;1-3-5-7-6-4-2/h43-66,91-102H,25-42H2,1-24H3;3,5H,4,6H2,1-2H3/b;5-3-/t91-,92?,93+,94+,95?,96?,97-,98-,99?,100?,101+,102?;. The Morgan fingerprint density at radius 1 is 0.165 bits per heavy atom. The molecule has 0 heterocycles. The Morgan fingerprint density at radius 2 is 0.256 bits per heavy atom. The predicted octanol–water partition coefficient (Wildman–Crippen LogP) is 36.0. The van der Waals surface area contributed by atoms with Gasteiger partial charge >= 0.3 is 0 Å². The van der Waals surface area contributed by atoms with Crippen molar-refractivity contribution in [2.45, 2.75) is 373 Å². The summed E-state index contributed by atoms with van der Waals surface area (Å²) >= 11 is 0. The zero-order chi connectivity index (χ0) is 93.9. The maximum atomic E-state index is 4.95. The van der Waals surface area contributed by atoms with Crippen LogP contribution in [-0.2, 0) is 4.74 Å². The highest BCUT2D eigenvalue weighted by molar-refractivity contribution is 5.63. The minimum atomic E-state index is 0.158. The van der Waals surface area contributed by atoms with Gasteiger partial charge in [-0.15, -0.1) is 0 Å². The lowest BCUT2D eigenvalue weighted by Gasteiger charge is -2.34. The van der Waals surface area contributed by atoms with Crippen molar-refractivity contribution in [3.63, 3.8) is 0 Å².